The lowest BCUT2D eigenvalue weighted by Crippen LogP contribution is -2.38. The fraction of sp³-hybridized carbons (Fsp3) is 0.500. The Hall–Kier alpha value is -1.46. The van der Waals surface area contributed by atoms with Crippen LogP contribution in [0.4, 0.5) is 4.79 Å². The summed E-state index contributed by atoms with van der Waals surface area (Å²) in [7, 11) is 1.60. The number of hydrogen-bond acceptors (Lipinski definition) is 4. The molecule has 0 aliphatic heterocycles. The summed E-state index contributed by atoms with van der Waals surface area (Å²) in [6.07, 6.45) is -0.328. The normalized spacial score (nSPS) is 9.55. The van der Waals surface area contributed by atoms with Crippen LogP contribution in [0.2, 0.25) is 0 Å². The summed E-state index contributed by atoms with van der Waals surface area (Å²) in [6.45, 7) is 6.89. The van der Waals surface area contributed by atoms with Gasteiger partial charge >= 0.3 is 6.09 Å². The van der Waals surface area contributed by atoms with E-state index in [2.05, 4.69) is 5.32 Å². The van der Waals surface area contributed by atoms with E-state index in [0.29, 0.717) is 18.8 Å². The van der Waals surface area contributed by atoms with Gasteiger partial charge in [0.05, 0.1) is 7.11 Å². The minimum Gasteiger partial charge on any atom is -0.497 e. The maximum atomic E-state index is 11.9. The first-order chi connectivity index (χ1) is 9.21. The van der Waals surface area contributed by atoms with Crippen LogP contribution in [0, 0.1) is 0 Å². The van der Waals surface area contributed by atoms with Crippen molar-refractivity contribution in [2.75, 3.05) is 33.3 Å². The molecule has 0 aliphatic rings. The van der Waals surface area contributed by atoms with Crippen LogP contribution in [0.5, 0.6) is 11.5 Å². The minimum atomic E-state index is -0.328. The molecule has 0 aromatic heterocycles. The molecule has 0 atom stereocenters. The Morgan fingerprint density at radius 3 is 2.30 bits per heavy atom. The van der Waals surface area contributed by atoms with E-state index in [1.54, 1.807) is 36.3 Å². The van der Waals surface area contributed by atoms with Crippen molar-refractivity contribution in [3.8, 4) is 11.5 Å². The molecule has 0 radical (unpaired) electrons. The van der Waals surface area contributed by atoms with Crippen LogP contribution in [0.1, 0.15) is 13.8 Å². The standard InChI is InChI=1S/C14H22N2O3.ClH/c1-4-15-10-11-16(5-2)14(17)19-13-8-6-12(18-3)7-9-13;/h6-9,15H,4-5,10-11H2,1-3H3;1H. The number of nitrogens with one attached hydrogen (secondary N) is 1. The second-order valence-electron chi connectivity index (χ2n) is 3.98. The number of halogens is 1. The molecule has 0 spiro atoms. The third-order valence-corrected chi connectivity index (χ3v) is 2.71. The van der Waals surface area contributed by atoms with Gasteiger partial charge in [-0.15, -0.1) is 12.4 Å². The van der Waals surface area contributed by atoms with Crippen LogP contribution in [0.15, 0.2) is 24.3 Å². The molecule has 0 unspecified atom stereocenters. The van der Waals surface area contributed by atoms with Crippen molar-refractivity contribution >= 4 is 18.5 Å². The van der Waals surface area contributed by atoms with Gasteiger partial charge in [-0.25, -0.2) is 4.79 Å². The molecule has 20 heavy (non-hydrogen) atoms. The molecule has 1 N–H and O–H groups in total. The molecule has 1 aromatic rings. The van der Waals surface area contributed by atoms with Gasteiger partial charge in [0, 0.05) is 19.6 Å². The van der Waals surface area contributed by atoms with Gasteiger partial charge in [-0.2, -0.15) is 0 Å². The topological polar surface area (TPSA) is 50.8 Å². The molecule has 114 valence electrons. The van der Waals surface area contributed by atoms with Gasteiger partial charge in [-0.05, 0) is 37.7 Å². The van der Waals surface area contributed by atoms with Crippen LogP contribution in [0.25, 0.3) is 0 Å². The Kier molecular flexibility index (Phi) is 9.59. The number of amides is 1. The molecular formula is C14H23ClN2O3. The highest BCUT2D eigenvalue weighted by Crippen LogP contribution is 2.17. The molecule has 5 nitrogen and oxygen atoms in total. The van der Waals surface area contributed by atoms with Crippen molar-refractivity contribution in [1.29, 1.82) is 0 Å². The number of ether oxygens (including phenoxy) is 2. The van der Waals surface area contributed by atoms with E-state index in [-0.39, 0.29) is 18.5 Å². The van der Waals surface area contributed by atoms with Gasteiger partial charge in [0.1, 0.15) is 11.5 Å². The number of benzene rings is 1. The maximum Gasteiger partial charge on any atom is 0.415 e. The second-order valence-corrected chi connectivity index (χ2v) is 3.98. The minimum absolute atomic E-state index is 0. The lowest BCUT2D eigenvalue weighted by atomic mass is 10.3. The Labute approximate surface area is 126 Å². The average molecular weight is 303 g/mol. The first-order valence-corrected chi connectivity index (χ1v) is 6.52. The number of hydrogen-bond donors (Lipinski definition) is 1. The molecular weight excluding hydrogens is 280 g/mol. The molecule has 6 heteroatoms. The number of nitrogens with zero attached hydrogens (tertiary/aromatic N) is 1. The lowest BCUT2D eigenvalue weighted by molar-refractivity contribution is 0.155. The zero-order chi connectivity index (χ0) is 14.1. The molecule has 0 saturated heterocycles. The molecule has 0 saturated carbocycles. The number of methoxy groups -OCH3 is 1. The predicted molar refractivity (Wildman–Crippen MR) is 82.1 cm³/mol. The van der Waals surface area contributed by atoms with Crippen molar-refractivity contribution in [2.45, 2.75) is 13.8 Å². The van der Waals surface area contributed by atoms with Gasteiger partial charge in [0.25, 0.3) is 0 Å². The van der Waals surface area contributed by atoms with Gasteiger partial charge in [0.15, 0.2) is 0 Å². The van der Waals surface area contributed by atoms with Gasteiger partial charge < -0.3 is 19.7 Å². The predicted octanol–water partition coefficient (Wildman–Crippen LogP) is 2.55. The summed E-state index contributed by atoms with van der Waals surface area (Å²) in [5, 5.41) is 3.18. The largest absolute Gasteiger partial charge is 0.497 e. The van der Waals surface area contributed by atoms with Gasteiger partial charge in [0.2, 0.25) is 0 Å². The molecule has 0 fully saturated rings. The van der Waals surface area contributed by atoms with Gasteiger partial charge in [-0.1, -0.05) is 6.92 Å². The summed E-state index contributed by atoms with van der Waals surface area (Å²) in [5.74, 6) is 1.26. The van der Waals surface area contributed by atoms with Crippen LogP contribution < -0.4 is 14.8 Å². The van der Waals surface area contributed by atoms with E-state index in [1.807, 2.05) is 13.8 Å². The summed E-state index contributed by atoms with van der Waals surface area (Å²) in [6, 6.07) is 6.96. The quantitative estimate of drug-likeness (QED) is 0.787. The third-order valence-electron chi connectivity index (χ3n) is 2.71. The third kappa shape index (κ3) is 6.12. The lowest BCUT2D eigenvalue weighted by Gasteiger charge is -2.20. The first kappa shape index (κ1) is 18.5. The van der Waals surface area contributed by atoms with Crippen molar-refractivity contribution in [3.63, 3.8) is 0 Å². The Balaban J connectivity index is 0.00000361. The van der Waals surface area contributed by atoms with E-state index >= 15 is 0 Å². The highest BCUT2D eigenvalue weighted by Gasteiger charge is 2.13. The molecule has 1 aromatic carbocycles. The highest BCUT2D eigenvalue weighted by molar-refractivity contribution is 5.85. The number of carbonyl (C=O) groups excluding carboxylic acids is 1. The molecule has 1 amide bonds. The summed E-state index contributed by atoms with van der Waals surface area (Å²) in [4.78, 5) is 13.6. The van der Waals surface area contributed by atoms with Crippen LogP contribution in [0.3, 0.4) is 0 Å². The Bertz CT molecular complexity index is 385. The first-order valence-electron chi connectivity index (χ1n) is 6.52. The van der Waals surface area contributed by atoms with Crippen molar-refractivity contribution in [2.24, 2.45) is 0 Å². The van der Waals surface area contributed by atoms with Crippen molar-refractivity contribution in [1.82, 2.24) is 10.2 Å². The fourth-order valence-corrected chi connectivity index (χ4v) is 1.58. The zero-order valence-corrected chi connectivity index (χ0v) is 13.0. The van der Waals surface area contributed by atoms with E-state index in [0.717, 1.165) is 18.8 Å². The summed E-state index contributed by atoms with van der Waals surface area (Å²) in [5.41, 5.74) is 0. The van der Waals surface area contributed by atoms with Gasteiger partial charge in [-0.3, -0.25) is 0 Å². The van der Waals surface area contributed by atoms with E-state index < -0.39 is 0 Å². The molecule has 0 aliphatic carbocycles. The van der Waals surface area contributed by atoms with Crippen LogP contribution in [-0.4, -0.2) is 44.3 Å². The maximum absolute atomic E-state index is 11.9. The molecule has 0 heterocycles. The Morgan fingerprint density at radius 1 is 1.20 bits per heavy atom. The number of rotatable bonds is 7. The van der Waals surface area contributed by atoms with E-state index in [1.165, 1.54) is 0 Å². The van der Waals surface area contributed by atoms with Crippen molar-refractivity contribution < 1.29 is 14.3 Å². The zero-order valence-electron chi connectivity index (χ0n) is 12.2. The second kappa shape index (κ2) is 10.3. The summed E-state index contributed by atoms with van der Waals surface area (Å²) < 4.78 is 10.4. The van der Waals surface area contributed by atoms with Crippen molar-refractivity contribution in [3.05, 3.63) is 24.3 Å². The van der Waals surface area contributed by atoms with E-state index in [4.69, 9.17) is 9.47 Å². The number of likely N-dealkylation sites (N-methyl/N-ethyl adjacent to an activating group) is 2. The SMILES string of the molecule is CCNCCN(CC)C(=O)Oc1ccc(OC)cc1.Cl. The fourth-order valence-electron chi connectivity index (χ4n) is 1.58. The smallest absolute Gasteiger partial charge is 0.415 e. The average Bonchev–Trinajstić information content (AvgIpc) is 2.44. The highest BCUT2D eigenvalue weighted by atomic mass is 35.5. The van der Waals surface area contributed by atoms with Crippen LogP contribution in [-0.2, 0) is 0 Å². The van der Waals surface area contributed by atoms with E-state index in [9.17, 15) is 4.79 Å². The number of carbonyl (C=O) groups is 1. The monoisotopic (exact) mass is 302 g/mol. The molecule has 0 bridgehead atoms. The van der Waals surface area contributed by atoms with Crippen LogP contribution >= 0.6 is 12.4 Å². The molecule has 1 rings (SSSR count). The summed E-state index contributed by atoms with van der Waals surface area (Å²) >= 11 is 0. The Morgan fingerprint density at radius 2 is 1.80 bits per heavy atom.